The highest BCUT2D eigenvalue weighted by atomic mass is 35.5. The molecule has 2 aromatic rings. The molecule has 11 heteroatoms. The lowest BCUT2D eigenvalue weighted by atomic mass is 10.3. The van der Waals surface area contributed by atoms with E-state index in [-0.39, 0.29) is 16.3 Å². The zero-order valence-electron chi connectivity index (χ0n) is 14.8. The Bertz CT molecular complexity index is 1060. The zero-order chi connectivity index (χ0) is 20.9. The fourth-order valence-corrected chi connectivity index (χ4v) is 2.95. The fraction of sp³-hybridized carbons (Fsp3) is 0.118. The molecule has 0 saturated heterocycles. The molecular formula is C17H17ClN4O5S. The third kappa shape index (κ3) is 5.28. The zero-order valence-corrected chi connectivity index (χ0v) is 16.4. The number of aliphatic hydroxyl groups excluding tert-OH is 1. The number of anilines is 1. The molecule has 1 amide bonds. The summed E-state index contributed by atoms with van der Waals surface area (Å²) in [6.07, 6.45) is 0. The van der Waals surface area contributed by atoms with Gasteiger partial charge in [-0.2, -0.15) is 0 Å². The molecular weight excluding hydrogens is 408 g/mol. The lowest BCUT2D eigenvalue weighted by molar-refractivity contribution is -0.113. The quantitative estimate of drug-likeness (QED) is 0.319. The summed E-state index contributed by atoms with van der Waals surface area (Å²) < 4.78 is 25.9. The number of amides is 1. The van der Waals surface area contributed by atoms with Crippen LogP contribution in [0.15, 0.2) is 69.0 Å². The number of nitrogens with one attached hydrogen (secondary N) is 2. The van der Waals surface area contributed by atoms with Crippen LogP contribution in [0.1, 0.15) is 6.92 Å². The Hall–Kier alpha value is -2.95. The van der Waals surface area contributed by atoms with Gasteiger partial charge >= 0.3 is 0 Å². The summed E-state index contributed by atoms with van der Waals surface area (Å²) in [4.78, 5) is 12.2. The molecule has 0 atom stereocenters. The van der Waals surface area contributed by atoms with Crippen molar-refractivity contribution in [2.45, 2.75) is 11.8 Å². The number of allylic oxidation sites excluding steroid dienone is 1. The molecule has 0 unspecified atom stereocenters. The smallest absolute Gasteiger partial charge is 0.279 e. The third-order valence-corrected chi connectivity index (χ3v) is 5.07. The van der Waals surface area contributed by atoms with E-state index in [2.05, 4.69) is 20.3 Å². The monoisotopic (exact) mass is 424 g/mol. The summed E-state index contributed by atoms with van der Waals surface area (Å²) in [5, 5.41) is 29.9. The van der Waals surface area contributed by atoms with Gasteiger partial charge in [0.1, 0.15) is 17.2 Å². The molecule has 0 radical (unpaired) electrons. The second-order valence-corrected chi connectivity index (χ2v) is 7.78. The van der Waals surface area contributed by atoms with Crippen LogP contribution in [0.4, 0.5) is 11.4 Å². The van der Waals surface area contributed by atoms with E-state index in [1.807, 2.05) is 0 Å². The van der Waals surface area contributed by atoms with Crippen molar-refractivity contribution in [1.29, 1.82) is 0 Å². The topological polar surface area (TPSA) is 140 Å². The van der Waals surface area contributed by atoms with Crippen LogP contribution in [0.25, 0.3) is 0 Å². The Kier molecular flexibility index (Phi) is 6.73. The summed E-state index contributed by atoms with van der Waals surface area (Å²) in [6.45, 7) is 1.23. The van der Waals surface area contributed by atoms with Gasteiger partial charge in [0.15, 0.2) is 5.70 Å². The van der Waals surface area contributed by atoms with Crippen LogP contribution in [0.2, 0.25) is 5.02 Å². The van der Waals surface area contributed by atoms with Crippen LogP contribution >= 0.6 is 11.6 Å². The van der Waals surface area contributed by atoms with Gasteiger partial charge in [-0.25, -0.2) is 13.1 Å². The third-order valence-electron chi connectivity index (χ3n) is 3.42. The Morgan fingerprint density at radius 1 is 1.18 bits per heavy atom. The van der Waals surface area contributed by atoms with E-state index in [0.29, 0.717) is 10.7 Å². The first kappa shape index (κ1) is 21.4. The maximum absolute atomic E-state index is 12.3. The number of benzene rings is 2. The average Bonchev–Trinajstić information content (AvgIpc) is 2.62. The van der Waals surface area contributed by atoms with Gasteiger partial charge in [0, 0.05) is 10.7 Å². The van der Waals surface area contributed by atoms with E-state index >= 15 is 0 Å². The minimum absolute atomic E-state index is 0.156. The number of nitrogens with zero attached hydrogens (tertiary/aromatic N) is 2. The molecule has 0 fully saturated rings. The second-order valence-electron chi connectivity index (χ2n) is 5.46. The number of phenolic OH excluding ortho intramolecular Hbond substituents is 1. The Balaban J connectivity index is 2.32. The predicted molar refractivity (Wildman–Crippen MR) is 104 cm³/mol. The van der Waals surface area contributed by atoms with Crippen molar-refractivity contribution < 1.29 is 23.4 Å². The maximum atomic E-state index is 12.3. The molecule has 2 rings (SSSR count). The SMILES string of the molecule is CNS(=O)(=O)c1ccc(O)c(N=N/C(C(=O)Nc2cccc(Cl)c2)=C(\C)O)c1. The highest BCUT2D eigenvalue weighted by Crippen LogP contribution is 2.30. The molecule has 0 aliphatic carbocycles. The van der Waals surface area contributed by atoms with Gasteiger partial charge in [-0.1, -0.05) is 17.7 Å². The summed E-state index contributed by atoms with van der Waals surface area (Å²) in [5.74, 6) is -1.56. The first-order chi connectivity index (χ1) is 13.1. The number of halogens is 1. The van der Waals surface area contributed by atoms with Crippen molar-refractivity contribution >= 4 is 38.9 Å². The molecule has 0 aliphatic heterocycles. The van der Waals surface area contributed by atoms with Crippen LogP contribution in [0.5, 0.6) is 5.75 Å². The van der Waals surface area contributed by atoms with Gasteiger partial charge in [-0.15, -0.1) is 10.2 Å². The molecule has 0 saturated carbocycles. The lowest BCUT2D eigenvalue weighted by Gasteiger charge is -2.07. The largest absolute Gasteiger partial charge is 0.510 e. The van der Waals surface area contributed by atoms with Crippen LogP contribution < -0.4 is 10.0 Å². The van der Waals surface area contributed by atoms with E-state index in [1.54, 1.807) is 18.2 Å². The highest BCUT2D eigenvalue weighted by molar-refractivity contribution is 7.89. The number of carbonyl (C=O) groups is 1. The minimum Gasteiger partial charge on any atom is -0.510 e. The Morgan fingerprint density at radius 3 is 2.50 bits per heavy atom. The van der Waals surface area contributed by atoms with Gasteiger partial charge in [-0.3, -0.25) is 4.79 Å². The summed E-state index contributed by atoms with van der Waals surface area (Å²) in [6, 6.07) is 9.71. The van der Waals surface area contributed by atoms with E-state index in [0.717, 1.165) is 12.1 Å². The number of phenols is 1. The summed E-state index contributed by atoms with van der Waals surface area (Å²) in [7, 11) is -2.53. The molecule has 28 heavy (non-hydrogen) atoms. The van der Waals surface area contributed by atoms with Gasteiger partial charge in [-0.05, 0) is 50.4 Å². The number of aromatic hydroxyl groups is 1. The molecule has 148 valence electrons. The van der Waals surface area contributed by atoms with Crippen LogP contribution in [-0.4, -0.2) is 31.6 Å². The molecule has 0 bridgehead atoms. The number of hydrogen-bond acceptors (Lipinski definition) is 7. The number of rotatable bonds is 6. The highest BCUT2D eigenvalue weighted by Gasteiger charge is 2.16. The van der Waals surface area contributed by atoms with E-state index in [9.17, 15) is 23.4 Å². The van der Waals surface area contributed by atoms with Crippen LogP contribution in [-0.2, 0) is 14.8 Å². The molecule has 0 aromatic heterocycles. The van der Waals surface area contributed by atoms with Crippen LogP contribution in [0.3, 0.4) is 0 Å². The summed E-state index contributed by atoms with van der Waals surface area (Å²) >= 11 is 5.86. The first-order valence-corrected chi connectivity index (χ1v) is 9.65. The molecule has 0 aliphatic rings. The van der Waals surface area contributed by atoms with Crippen molar-refractivity contribution in [3.63, 3.8) is 0 Å². The number of carbonyl (C=O) groups excluding carboxylic acids is 1. The first-order valence-electron chi connectivity index (χ1n) is 7.79. The van der Waals surface area contributed by atoms with Crippen LogP contribution in [0, 0.1) is 0 Å². The minimum atomic E-state index is -3.77. The Labute approximate surface area is 166 Å². The molecule has 9 nitrogen and oxygen atoms in total. The lowest BCUT2D eigenvalue weighted by Crippen LogP contribution is -2.18. The standard InChI is InChI=1S/C17H17ClN4O5S/c1-10(23)16(17(25)20-12-5-3-4-11(18)8-12)22-21-14-9-13(6-7-15(14)24)28(26,27)19-2/h3-9,19,23-24H,1-2H3,(H,20,25)/b16-10+,22-21?. The van der Waals surface area contributed by atoms with Crippen molar-refractivity contribution in [1.82, 2.24) is 4.72 Å². The average molecular weight is 425 g/mol. The van der Waals surface area contributed by atoms with Gasteiger partial charge in [0.25, 0.3) is 5.91 Å². The van der Waals surface area contributed by atoms with Gasteiger partial charge in [0.05, 0.1) is 4.90 Å². The maximum Gasteiger partial charge on any atom is 0.279 e. The molecule has 0 heterocycles. The normalized spacial score (nSPS) is 12.7. The second kappa shape index (κ2) is 8.83. The number of hydrogen-bond donors (Lipinski definition) is 4. The summed E-state index contributed by atoms with van der Waals surface area (Å²) in [5.41, 5.74) is -0.261. The molecule has 4 N–H and O–H groups in total. The molecule has 0 spiro atoms. The Morgan fingerprint density at radius 2 is 1.89 bits per heavy atom. The van der Waals surface area contributed by atoms with Crippen molar-refractivity contribution in [3.05, 3.63) is 58.9 Å². The van der Waals surface area contributed by atoms with Crippen molar-refractivity contribution in [2.75, 3.05) is 12.4 Å². The van der Waals surface area contributed by atoms with Gasteiger partial charge < -0.3 is 15.5 Å². The molecule has 2 aromatic carbocycles. The predicted octanol–water partition coefficient (Wildman–Crippen LogP) is 3.47. The number of aliphatic hydroxyl groups is 1. The van der Waals surface area contributed by atoms with E-state index < -0.39 is 27.4 Å². The fourth-order valence-electron chi connectivity index (χ4n) is 2.01. The van der Waals surface area contributed by atoms with Gasteiger partial charge in [0.2, 0.25) is 10.0 Å². The number of sulfonamides is 1. The van der Waals surface area contributed by atoms with E-state index in [1.165, 1.54) is 26.1 Å². The van der Waals surface area contributed by atoms with Crippen molar-refractivity contribution in [2.24, 2.45) is 10.2 Å². The van der Waals surface area contributed by atoms with E-state index in [4.69, 9.17) is 11.6 Å². The van der Waals surface area contributed by atoms with Crippen molar-refractivity contribution in [3.8, 4) is 5.75 Å². The number of azo groups is 1.